The molecule has 1 aliphatic rings. The van der Waals surface area contributed by atoms with Crippen LogP contribution in [0.25, 0.3) is 99.8 Å². The maximum Gasteiger partial charge on any atom is 0.227 e. The van der Waals surface area contributed by atoms with Crippen LogP contribution in [-0.2, 0) is 6.42 Å². The van der Waals surface area contributed by atoms with Crippen molar-refractivity contribution in [3.63, 3.8) is 0 Å². The lowest BCUT2D eigenvalue weighted by molar-refractivity contribution is 0.596. The lowest BCUT2D eigenvalue weighted by Crippen LogP contribution is -1.94. The monoisotopic (exact) mass is 628 g/mol. The van der Waals surface area contributed by atoms with Gasteiger partial charge in [-0.15, -0.1) is 0 Å². The van der Waals surface area contributed by atoms with E-state index in [-0.39, 0.29) is 0 Å². The minimum atomic E-state index is 0.608. The number of hydrogen-bond acceptors (Lipinski definition) is 3. The molecule has 0 saturated carbocycles. The molecule has 230 valence electrons. The lowest BCUT2D eigenvalue weighted by Gasteiger charge is -2.10. The summed E-state index contributed by atoms with van der Waals surface area (Å²) in [5.41, 5.74) is 10.2. The minimum Gasteiger partial charge on any atom is -0.456 e. The van der Waals surface area contributed by atoms with Crippen molar-refractivity contribution < 1.29 is 8.83 Å². The zero-order chi connectivity index (χ0) is 32.1. The zero-order valence-electron chi connectivity index (χ0n) is 26.5. The SMILES string of the molecule is C1=Cc2oc3c(-c4ccccc4)cc4nc(-c5ccc6c(c5)c5c7ccccc7ccc5n6-c5ccc6ccccc6c5)oc4c3c2CC1. The Bertz CT molecular complexity index is 2990. The van der Waals surface area contributed by atoms with Crippen molar-refractivity contribution in [1.29, 1.82) is 0 Å². The van der Waals surface area contributed by atoms with E-state index in [0.717, 1.165) is 68.6 Å². The second-order valence-corrected chi connectivity index (χ2v) is 13.0. The summed E-state index contributed by atoms with van der Waals surface area (Å²) in [5.74, 6) is 1.52. The molecular formula is C45H28N2O2. The highest BCUT2D eigenvalue weighted by atomic mass is 16.4. The molecule has 4 heteroatoms. The molecule has 11 rings (SSSR count). The molecular weight excluding hydrogens is 601 g/mol. The highest BCUT2D eigenvalue weighted by molar-refractivity contribution is 6.22. The second kappa shape index (κ2) is 10.1. The van der Waals surface area contributed by atoms with Crippen molar-refractivity contribution in [1.82, 2.24) is 9.55 Å². The van der Waals surface area contributed by atoms with Crippen molar-refractivity contribution in [2.24, 2.45) is 0 Å². The van der Waals surface area contributed by atoms with Crippen LogP contribution in [0.5, 0.6) is 0 Å². The predicted molar refractivity (Wildman–Crippen MR) is 201 cm³/mol. The number of hydrogen-bond donors (Lipinski definition) is 0. The van der Waals surface area contributed by atoms with E-state index in [1.807, 2.05) is 6.07 Å². The van der Waals surface area contributed by atoms with Gasteiger partial charge in [0, 0.05) is 33.2 Å². The Hall–Kier alpha value is -6.39. The van der Waals surface area contributed by atoms with E-state index in [4.69, 9.17) is 13.8 Å². The van der Waals surface area contributed by atoms with Crippen LogP contribution in [0.4, 0.5) is 0 Å². The number of oxazole rings is 1. The van der Waals surface area contributed by atoms with Gasteiger partial charge in [-0.1, -0.05) is 97.1 Å². The Labute approximate surface area is 281 Å². The van der Waals surface area contributed by atoms with E-state index in [1.165, 1.54) is 43.4 Å². The molecule has 4 nitrogen and oxygen atoms in total. The highest BCUT2D eigenvalue weighted by Crippen LogP contribution is 2.44. The van der Waals surface area contributed by atoms with Gasteiger partial charge in [0.2, 0.25) is 5.89 Å². The lowest BCUT2D eigenvalue weighted by atomic mass is 9.97. The smallest absolute Gasteiger partial charge is 0.227 e. The Balaban J connectivity index is 1.18. The summed E-state index contributed by atoms with van der Waals surface area (Å²) < 4.78 is 15.7. The number of nitrogens with zero attached hydrogens (tertiary/aromatic N) is 2. The quantitative estimate of drug-likeness (QED) is 0.196. The molecule has 0 saturated heterocycles. The standard InChI is InChI=1S/C45H28N2O2/c1-2-11-28(12-3-1)35-26-37-44(42-34-16-8-9-17-40(34)48-43(35)42)49-45(46-37)31-20-22-38-36(25-31)41-33-15-7-6-13-29(33)19-23-39(41)47(38)32-21-18-27-10-4-5-14-30(27)24-32/h1-7,9-15,17-26H,8,16H2. The molecule has 0 bridgehead atoms. The maximum absolute atomic E-state index is 6.77. The summed E-state index contributed by atoms with van der Waals surface area (Å²) in [4.78, 5) is 5.16. The van der Waals surface area contributed by atoms with Gasteiger partial charge in [0.05, 0.1) is 16.4 Å². The van der Waals surface area contributed by atoms with Crippen LogP contribution in [0.1, 0.15) is 17.7 Å². The first-order chi connectivity index (χ1) is 24.3. The van der Waals surface area contributed by atoms with E-state index < -0.39 is 0 Å². The average molecular weight is 629 g/mol. The first-order valence-electron chi connectivity index (χ1n) is 16.8. The van der Waals surface area contributed by atoms with Crippen molar-refractivity contribution >= 4 is 71.5 Å². The summed E-state index contributed by atoms with van der Waals surface area (Å²) >= 11 is 0. The van der Waals surface area contributed by atoms with Crippen LogP contribution in [0.15, 0.2) is 148 Å². The first-order valence-corrected chi connectivity index (χ1v) is 16.8. The largest absolute Gasteiger partial charge is 0.456 e. The van der Waals surface area contributed by atoms with Crippen molar-refractivity contribution in [2.45, 2.75) is 12.8 Å². The van der Waals surface area contributed by atoms with E-state index in [2.05, 4.69) is 144 Å². The van der Waals surface area contributed by atoms with Gasteiger partial charge >= 0.3 is 0 Å². The number of furan rings is 1. The fourth-order valence-electron chi connectivity index (χ4n) is 8.00. The molecule has 0 radical (unpaired) electrons. The number of benzene rings is 7. The van der Waals surface area contributed by atoms with Gasteiger partial charge in [-0.2, -0.15) is 0 Å². The summed E-state index contributed by atoms with van der Waals surface area (Å²) in [5, 5.41) is 8.33. The third kappa shape index (κ3) is 3.89. The summed E-state index contributed by atoms with van der Waals surface area (Å²) in [6, 6.07) is 47.6. The molecule has 1 aliphatic carbocycles. The number of rotatable bonds is 3. The molecule has 0 spiro atoms. The molecule has 0 atom stereocenters. The first kappa shape index (κ1) is 26.7. The normalized spacial score (nSPS) is 13.1. The summed E-state index contributed by atoms with van der Waals surface area (Å²) in [6.07, 6.45) is 6.17. The van der Waals surface area contributed by atoms with Gasteiger partial charge in [0.15, 0.2) is 5.58 Å². The van der Waals surface area contributed by atoms with Gasteiger partial charge in [-0.05, 0) is 88.5 Å². The van der Waals surface area contributed by atoms with Gasteiger partial charge in [-0.25, -0.2) is 4.98 Å². The second-order valence-electron chi connectivity index (χ2n) is 13.0. The van der Waals surface area contributed by atoms with E-state index in [9.17, 15) is 0 Å². The molecule has 0 amide bonds. The third-order valence-corrected chi connectivity index (χ3v) is 10.3. The summed E-state index contributed by atoms with van der Waals surface area (Å²) in [6.45, 7) is 0. The predicted octanol–water partition coefficient (Wildman–Crippen LogP) is 12.3. The molecule has 0 unspecified atom stereocenters. The third-order valence-electron chi connectivity index (χ3n) is 10.3. The summed E-state index contributed by atoms with van der Waals surface area (Å²) in [7, 11) is 0. The fraction of sp³-hybridized carbons (Fsp3) is 0.0444. The Morgan fingerprint density at radius 1 is 0.571 bits per heavy atom. The van der Waals surface area contributed by atoms with Crippen LogP contribution in [0.2, 0.25) is 0 Å². The number of allylic oxidation sites excluding steroid dienone is 1. The van der Waals surface area contributed by atoms with Crippen molar-refractivity contribution in [3.05, 3.63) is 151 Å². The van der Waals surface area contributed by atoms with E-state index in [0.29, 0.717) is 5.89 Å². The number of aryl methyl sites for hydroxylation is 1. The van der Waals surface area contributed by atoms with Crippen LogP contribution in [-0.4, -0.2) is 9.55 Å². The zero-order valence-corrected chi connectivity index (χ0v) is 26.5. The maximum atomic E-state index is 6.77. The van der Waals surface area contributed by atoms with Crippen LogP contribution < -0.4 is 0 Å². The topological polar surface area (TPSA) is 44.1 Å². The Morgan fingerprint density at radius 3 is 2.29 bits per heavy atom. The van der Waals surface area contributed by atoms with E-state index >= 15 is 0 Å². The van der Waals surface area contributed by atoms with Crippen molar-refractivity contribution in [3.8, 4) is 28.3 Å². The van der Waals surface area contributed by atoms with Crippen molar-refractivity contribution in [2.75, 3.05) is 0 Å². The minimum absolute atomic E-state index is 0.608. The van der Waals surface area contributed by atoms with Gasteiger partial charge in [0.25, 0.3) is 0 Å². The van der Waals surface area contributed by atoms with Gasteiger partial charge in [0.1, 0.15) is 16.9 Å². The highest BCUT2D eigenvalue weighted by Gasteiger charge is 2.25. The number of aromatic nitrogens is 2. The molecule has 3 heterocycles. The molecule has 10 aromatic rings. The molecule has 0 fully saturated rings. The average Bonchev–Trinajstić information content (AvgIpc) is 3.86. The van der Waals surface area contributed by atoms with Crippen LogP contribution >= 0.6 is 0 Å². The van der Waals surface area contributed by atoms with Crippen LogP contribution in [0, 0.1) is 0 Å². The Morgan fingerprint density at radius 2 is 1.37 bits per heavy atom. The molecule has 3 aromatic heterocycles. The Kier molecular flexibility index (Phi) is 5.47. The fourth-order valence-corrected chi connectivity index (χ4v) is 8.00. The van der Waals surface area contributed by atoms with E-state index in [1.54, 1.807) is 0 Å². The molecule has 49 heavy (non-hydrogen) atoms. The molecule has 7 aromatic carbocycles. The van der Waals surface area contributed by atoms with Crippen LogP contribution in [0.3, 0.4) is 0 Å². The number of fused-ring (bicyclic) bond motifs is 11. The molecule has 0 N–H and O–H groups in total. The van der Waals surface area contributed by atoms with Gasteiger partial charge in [-0.3, -0.25) is 0 Å². The molecule has 0 aliphatic heterocycles. The van der Waals surface area contributed by atoms with Gasteiger partial charge < -0.3 is 13.4 Å².